The number of nitrogens with zero attached hydrogens (tertiary/aromatic N) is 1. The van der Waals surface area contributed by atoms with Crippen LogP contribution in [0.1, 0.15) is 66.2 Å². The van der Waals surface area contributed by atoms with Gasteiger partial charge in [0, 0.05) is 0 Å². The van der Waals surface area contributed by atoms with Gasteiger partial charge in [0.1, 0.15) is 0 Å². The Morgan fingerprint density at radius 2 is 1.62 bits per heavy atom. The van der Waals surface area contributed by atoms with E-state index in [1.54, 1.807) is 16.3 Å². The third kappa shape index (κ3) is 4.19. The summed E-state index contributed by atoms with van der Waals surface area (Å²) in [5.41, 5.74) is 4.77. The van der Waals surface area contributed by atoms with Crippen LogP contribution in [0.4, 0.5) is 0 Å². The SMILES string of the molecule is CC1=C[C](C)([Ti]([SiH2]c2ccccc2)[N](C)C2CCCCCC2)C(C)=C1C. The maximum atomic E-state index is 2.98. The molecule has 1 nitrogen and oxygen atoms in total. The molecule has 1 aromatic rings. The van der Waals surface area contributed by atoms with E-state index < -0.39 is 17.4 Å². The van der Waals surface area contributed by atoms with E-state index in [0.29, 0.717) is 3.72 Å². The molecule has 26 heavy (non-hydrogen) atoms. The molecule has 0 saturated heterocycles. The van der Waals surface area contributed by atoms with Gasteiger partial charge in [0.2, 0.25) is 0 Å². The zero-order valence-electron chi connectivity index (χ0n) is 17.4. The first-order chi connectivity index (χ1) is 12.4. The number of benzene rings is 1. The molecular formula is C23H36NSiTi. The molecule has 0 aromatic heterocycles. The van der Waals surface area contributed by atoms with Gasteiger partial charge < -0.3 is 0 Å². The summed E-state index contributed by atoms with van der Waals surface area (Å²) in [7, 11) is 2.26. The van der Waals surface area contributed by atoms with Crippen molar-refractivity contribution < 1.29 is 17.4 Å². The molecule has 0 radical (unpaired) electrons. The van der Waals surface area contributed by atoms with Gasteiger partial charge in [-0.05, 0) is 0 Å². The Labute approximate surface area is 169 Å². The van der Waals surface area contributed by atoms with Gasteiger partial charge >= 0.3 is 169 Å². The third-order valence-electron chi connectivity index (χ3n) is 7.05. The minimum absolute atomic E-state index is 0.251. The van der Waals surface area contributed by atoms with Crippen LogP contribution in [-0.4, -0.2) is 23.9 Å². The third-order valence-corrected chi connectivity index (χ3v) is 21.4. The summed E-state index contributed by atoms with van der Waals surface area (Å²) in [5, 5.41) is 1.67. The van der Waals surface area contributed by atoms with Crippen molar-refractivity contribution in [1.82, 2.24) is 3.38 Å². The van der Waals surface area contributed by atoms with Gasteiger partial charge in [0.05, 0.1) is 0 Å². The topological polar surface area (TPSA) is 3.24 Å². The summed E-state index contributed by atoms with van der Waals surface area (Å²) in [5.74, 6) is 0. The number of allylic oxidation sites excluding steroid dienone is 4. The molecule has 1 saturated carbocycles. The van der Waals surface area contributed by atoms with Gasteiger partial charge in [0.15, 0.2) is 0 Å². The van der Waals surface area contributed by atoms with Crippen molar-refractivity contribution in [1.29, 1.82) is 0 Å². The molecule has 3 heteroatoms. The number of hydrogen-bond acceptors (Lipinski definition) is 1. The molecule has 1 atom stereocenters. The Balaban J connectivity index is 1.94. The summed E-state index contributed by atoms with van der Waals surface area (Å²) in [4.78, 5) is 0. The molecule has 141 valence electrons. The van der Waals surface area contributed by atoms with Crippen molar-refractivity contribution in [2.45, 2.75) is 76.0 Å². The van der Waals surface area contributed by atoms with Crippen molar-refractivity contribution >= 4 is 12.6 Å². The Hall–Kier alpha value is -0.409. The van der Waals surface area contributed by atoms with Crippen molar-refractivity contribution in [2.75, 3.05) is 7.05 Å². The van der Waals surface area contributed by atoms with Crippen LogP contribution < -0.4 is 5.19 Å². The van der Waals surface area contributed by atoms with Crippen LogP contribution in [0.25, 0.3) is 0 Å². The van der Waals surface area contributed by atoms with E-state index >= 15 is 0 Å². The molecule has 1 aromatic carbocycles. The molecular weight excluding hydrogens is 366 g/mol. The van der Waals surface area contributed by atoms with Gasteiger partial charge in [-0.2, -0.15) is 0 Å². The summed E-state index contributed by atoms with van der Waals surface area (Å²) in [6.45, 7) is 9.68. The minimum atomic E-state index is -1.47. The van der Waals surface area contributed by atoms with Crippen molar-refractivity contribution in [3.63, 3.8) is 0 Å². The van der Waals surface area contributed by atoms with E-state index in [9.17, 15) is 0 Å². The van der Waals surface area contributed by atoms with Gasteiger partial charge in [0.25, 0.3) is 0 Å². The fraction of sp³-hybridized carbons (Fsp3) is 0.565. The first-order valence-corrected chi connectivity index (χ1v) is 16.6. The normalized spacial score (nSPS) is 25.2. The molecule has 0 aliphatic heterocycles. The average Bonchev–Trinajstić information content (AvgIpc) is 2.87. The van der Waals surface area contributed by atoms with E-state index in [-0.39, 0.29) is 7.39 Å². The van der Waals surface area contributed by atoms with Gasteiger partial charge in [-0.15, -0.1) is 0 Å². The van der Waals surface area contributed by atoms with Crippen LogP contribution >= 0.6 is 0 Å². The maximum absolute atomic E-state index is 2.98. The predicted octanol–water partition coefficient (Wildman–Crippen LogP) is 5.06. The zero-order chi connectivity index (χ0) is 18.7. The first-order valence-electron chi connectivity index (χ1n) is 10.4. The molecule has 0 bridgehead atoms. The standard InChI is InChI=1S/C9H13.C8H16N.C6H7Si.Ti/c1-6-5-7(2)9(4)8(6)3;1-9-8-6-4-2-3-5-7-8;7-6-4-2-1-3-5-6;/h5H,1-4H3;8H,2-7H2,1H3;1-5H,7H2;/q;-1;;+1. The Bertz CT molecular complexity index is 673. The summed E-state index contributed by atoms with van der Waals surface area (Å²) >= 11 is -1.47. The second kappa shape index (κ2) is 8.73. The van der Waals surface area contributed by atoms with E-state index in [4.69, 9.17) is 0 Å². The molecule has 2 aliphatic rings. The second-order valence-corrected chi connectivity index (χ2v) is 18.4. The fourth-order valence-corrected chi connectivity index (χ4v) is 18.7. The second-order valence-electron chi connectivity index (χ2n) is 8.65. The van der Waals surface area contributed by atoms with Crippen molar-refractivity contribution in [2.24, 2.45) is 0 Å². The average molecular weight is 403 g/mol. The van der Waals surface area contributed by atoms with Gasteiger partial charge in [-0.25, -0.2) is 0 Å². The fourth-order valence-electron chi connectivity index (χ4n) is 4.96. The first kappa shape index (κ1) is 20.3. The molecule has 0 heterocycles. The molecule has 0 N–H and O–H groups in total. The van der Waals surface area contributed by atoms with E-state index in [1.165, 1.54) is 44.1 Å². The monoisotopic (exact) mass is 402 g/mol. The number of hydrogen-bond donors (Lipinski definition) is 0. The Kier molecular flexibility index (Phi) is 6.83. The molecule has 0 amide bonds. The van der Waals surface area contributed by atoms with Crippen molar-refractivity contribution in [3.05, 3.63) is 53.1 Å². The predicted molar refractivity (Wildman–Crippen MR) is 114 cm³/mol. The van der Waals surface area contributed by atoms with Crippen LogP contribution in [0, 0.1) is 0 Å². The molecule has 1 fully saturated rings. The van der Waals surface area contributed by atoms with E-state index in [2.05, 4.69) is 74.5 Å². The van der Waals surface area contributed by atoms with Crippen LogP contribution in [0.15, 0.2) is 53.1 Å². The van der Waals surface area contributed by atoms with Gasteiger partial charge in [-0.1, -0.05) is 0 Å². The van der Waals surface area contributed by atoms with Crippen LogP contribution in [-0.2, 0) is 17.4 Å². The summed E-state index contributed by atoms with van der Waals surface area (Å²) in [6.07, 6.45) is 11.3. The van der Waals surface area contributed by atoms with Crippen LogP contribution in [0.2, 0.25) is 3.72 Å². The molecule has 2 aliphatic carbocycles. The quantitative estimate of drug-likeness (QED) is 0.492. The summed E-state index contributed by atoms with van der Waals surface area (Å²) < 4.78 is 3.34. The summed E-state index contributed by atoms with van der Waals surface area (Å²) in [6, 6.07) is 12.3. The Morgan fingerprint density at radius 3 is 2.15 bits per heavy atom. The molecule has 3 rings (SSSR count). The molecule has 1 unspecified atom stereocenters. The van der Waals surface area contributed by atoms with Crippen LogP contribution in [0.3, 0.4) is 0 Å². The number of rotatable bonds is 5. The zero-order valence-corrected chi connectivity index (χ0v) is 20.4. The van der Waals surface area contributed by atoms with Gasteiger partial charge in [-0.3, -0.25) is 0 Å². The molecule has 0 spiro atoms. The van der Waals surface area contributed by atoms with Crippen LogP contribution in [0.5, 0.6) is 0 Å². The van der Waals surface area contributed by atoms with E-state index in [1.807, 2.05) is 0 Å². The van der Waals surface area contributed by atoms with Crippen molar-refractivity contribution in [3.8, 4) is 0 Å². The van der Waals surface area contributed by atoms with E-state index in [0.717, 1.165) is 6.04 Å². The Morgan fingerprint density at radius 1 is 1.00 bits per heavy atom.